The van der Waals surface area contributed by atoms with Gasteiger partial charge in [-0.1, -0.05) is 11.6 Å². The van der Waals surface area contributed by atoms with Crippen LogP contribution in [0.3, 0.4) is 0 Å². The van der Waals surface area contributed by atoms with Gasteiger partial charge in [0, 0.05) is 17.9 Å². The van der Waals surface area contributed by atoms with Gasteiger partial charge in [0.25, 0.3) is 0 Å². The fourth-order valence-electron chi connectivity index (χ4n) is 1.41. The Hall–Kier alpha value is -1.42. The fourth-order valence-corrected chi connectivity index (χ4v) is 1.58. The number of hydrogen-bond acceptors (Lipinski definition) is 2. The highest BCUT2D eigenvalue weighted by molar-refractivity contribution is 6.31. The highest BCUT2D eigenvalue weighted by Crippen LogP contribution is 2.17. The molecule has 0 bridgehead atoms. The molecule has 0 aliphatic rings. The summed E-state index contributed by atoms with van der Waals surface area (Å²) in [6.45, 7) is 0. The first-order valence-corrected chi connectivity index (χ1v) is 5.58. The average Bonchev–Trinajstić information content (AvgIpc) is 2.27. The van der Waals surface area contributed by atoms with E-state index in [1.807, 2.05) is 0 Å². The molecule has 0 amide bonds. The van der Waals surface area contributed by atoms with Crippen LogP contribution in [0.2, 0.25) is 5.02 Å². The Labute approximate surface area is 103 Å². The monoisotopic (exact) mass is 258 g/mol. The van der Waals surface area contributed by atoms with Crippen LogP contribution in [-0.4, -0.2) is 16.9 Å². The number of halogens is 2. The quantitative estimate of drug-likeness (QED) is 0.629. The summed E-state index contributed by atoms with van der Waals surface area (Å²) in [5.41, 5.74) is -0.0344. The number of unbranched alkanes of at least 4 members (excludes halogenated alkanes) is 1. The molecule has 0 aliphatic heterocycles. The van der Waals surface area contributed by atoms with Crippen LogP contribution in [-0.2, 0) is 4.79 Å². The summed E-state index contributed by atoms with van der Waals surface area (Å²) in [6, 6.07) is 3.81. The van der Waals surface area contributed by atoms with Crippen LogP contribution in [0, 0.1) is 5.82 Å². The summed E-state index contributed by atoms with van der Waals surface area (Å²) in [7, 11) is 0. The molecule has 0 fully saturated rings. The fraction of sp³-hybridized carbons (Fsp3) is 0.333. The zero-order valence-electron chi connectivity index (χ0n) is 9.08. The van der Waals surface area contributed by atoms with Crippen molar-refractivity contribution in [2.75, 3.05) is 0 Å². The number of carboxylic acids is 1. The van der Waals surface area contributed by atoms with Gasteiger partial charge in [-0.25, -0.2) is 4.39 Å². The van der Waals surface area contributed by atoms with Gasteiger partial charge in [0.2, 0.25) is 0 Å². The molecule has 3 nitrogen and oxygen atoms in total. The van der Waals surface area contributed by atoms with Gasteiger partial charge in [-0.2, -0.15) is 0 Å². The SMILES string of the molecule is O=C(O)CCCCC(=O)c1cc(Cl)ccc1F. The maximum absolute atomic E-state index is 13.3. The summed E-state index contributed by atoms with van der Waals surface area (Å²) < 4.78 is 13.3. The first-order valence-electron chi connectivity index (χ1n) is 5.20. The lowest BCUT2D eigenvalue weighted by molar-refractivity contribution is -0.137. The number of aliphatic carboxylic acids is 1. The Morgan fingerprint density at radius 1 is 1.24 bits per heavy atom. The first kappa shape index (κ1) is 13.6. The highest BCUT2D eigenvalue weighted by Gasteiger charge is 2.12. The van der Waals surface area contributed by atoms with E-state index in [0.717, 1.165) is 6.07 Å². The van der Waals surface area contributed by atoms with E-state index in [2.05, 4.69) is 0 Å². The number of carboxylic acid groups (broad SMARTS) is 1. The number of carbonyl (C=O) groups is 2. The van der Waals surface area contributed by atoms with E-state index in [9.17, 15) is 14.0 Å². The minimum absolute atomic E-state index is 0.0192. The summed E-state index contributed by atoms with van der Waals surface area (Å²) in [6.07, 6.45) is 0.982. The first-order chi connectivity index (χ1) is 8.00. The molecule has 1 N–H and O–H groups in total. The molecule has 0 saturated carbocycles. The maximum atomic E-state index is 13.3. The molecule has 0 aliphatic carbocycles. The van der Waals surface area contributed by atoms with Gasteiger partial charge in [-0.3, -0.25) is 9.59 Å². The van der Waals surface area contributed by atoms with Gasteiger partial charge in [-0.05, 0) is 31.0 Å². The second-order valence-electron chi connectivity index (χ2n) is 3.65. The summed E-state index contributed by atoms with van der Waals surface area (Å²) >= 11 is 5.67. The average molecular weight is 259 g/mol. The predicted octanol–water partition coefficient (Wildman–Crippen LogP) is 3.31. The topological polar surface area (TPSA) is 54.4 Å². The van der Waals surface area contributed by atoms with Crippen LogP contribution in [0.1, 0.15) is 36.0 Å². The third-order valence-electron chi connectivity index (χ3n) is 2.27. The number of Topliss-reactive ketones (excluding diaryl/α,β-unsaturated/α-hetero) is 1. The molecule has 0 atom stereocenters. The molecular formula is C12H12ClFO3. The Bertz CT molecular complexity index is 432. The van der Waals surface area contributed by atoms with Gasteiger partial charge in [0.1, 0.15) is 5.82 Å². The number of rotatable bonds is 6. The minimum atomic E-state index is -0.897. The van der Waals surface area contributed by atoms with Gasteiger partial charge in [-0.15, -0.1) is 0 Å². The largest absolute Gasteiger partial charge is 0.481 e. The molecule has 0 unspecified atom stereocenters. The van der Waals surface area contributed by atoms with Gasteiger partial charge in [0.15, 0.2) is 5.78 Å². The third kappa shape index (κ3) is 4.53. The minimum Gasteiger partial charge on any atom is -0.481 e. The van der Waals surface area contributed by atoms with Crippen LogP contribution in [0.25, 0.3) is 0 Å². The lowest BCUT2D eigenvalue weighted by Gasteiger charge is -2.02. The predicted molar refractivity (Wildman–Crippen MR) is 61.8 cm³/mol. The van der Waals surface area contributed by atoms with Crippen molar-refractivity contribution < 1.29 is 19.1 Å². The number of ketones is 1. The Kier molecular flexibility index (Phi) is 5.10. The zero-order valence-corrected chi connectivity index (χ0v) is 9.84. The molecule has 1 aromatic rings. The molecule has 0 spiro atoms. The molecule has 5 heteroatoms. The number of benzene rings is 1. The second kappa shape index (κ2) is 6.35. The lowest BCUT2D eigenvalue weighted by Crippen LogP contribution is -2.03. The van der Waals surface area contributed by atoms with E-state index in [0.29, 0.717) is 17.9 Å². The van der Waals surface area contributed by atoms with E-state index in [1.54, 1.807) is 0 Å². The molecular weight excluding hydrogens is 247 g/mol. The van der Waals surface area contributed by atoms with Crippen LogP contribution < -0.4 is 0 Å². The smallest absolute Gasteiger partial charge is 0.303 e. The molecule has 0 saturated heterocycles. The summed E-state index contributed by atoms with van der Waals surface area (Å²) in [4.78, 5) is 21.9. The number of carbonyl (C=O) groups excluding carboxylic acids is 1. The molecule has 0 radical (unpaired) electrons. The van der Waals surface area contributed by atoms with E-state index < -0.39 is 11.8 Å². The highest BCUT2D eigenvalue weighted by atomic mass is 35.5. The number of hydrogen-bond donors (Lipinski definition) is 1. The second-order valence-corrected chi connectivity index (χ2v) is 4.08. The molecule has 0 heterocycles. The standard InChI is InChI=1S/C12H12ClFO3/c13-8-5-6-10(14)9(7-8)11(15)3-1-2-4-12(16)17/h5-7H,1-4H2,(H,16,17). The van der Waals surface area contributed by atoms with Crippen molar-refractivity contribution in [2.45, 2.75) is 25.7 Å². The van der Waals surface area contributed by atoms with Gasteiger partial charge in [0.05, 0.1) is 5.56 Å². The van der Waals surface area contributed by atoms with E-state index in [1.165, 1.54) is 12.1 Å². The van der Waals surface area contributed by atoms with Crippen molar-refractivity contribution in [1.82, 2.24) is 0 Å². The van der Waals surface area contributed by atoms with Crippen molar-refractivity contribution in [3.63, 3.8) is 0 Å². The molecule has 1 rings (SSSR count). The Morgan fingerprint density at radius 3 is 2.53 bits per heavy atom. The Morgan fingerprint density at radius 2 is 1.88 bits per heavy atom. The summed E-state index contributed by atoms with van der Waals surface area (Å²) in [5, 5.41) is 8.72. The van der Waals surface area contributed by atoms with Crippen LogP contribution in [0.5, 0.6) is 0 Å². The molecule has 1 aromatic carbocycles. The van der Waals surface area contributed by atoms with E-state index in [-0.39, 0.29) is 24.2 Å². The van der Waals surface area contributed by atoms with Crippen LogP contribution >= 0.6 is 11.6 Å². The van der Waals surface area contributed by atoms with Gasteiger partial charge < -0.3 is 5.11 Å². The van der Waals surface area contributed by atoms with Crippen LogP contribution in [0.4, 0.5) is 4.39 Å². The molecule has 17 heavy (non-hydrogen) atoms. The van der Waals surface area contributed by atoms with E-state index >= 15 is 0 Å². The van der Waals surface area contributed by atoms with Crippen molar-refractivity contribution >= 4 is 23.4 Å². The Balaban J connectivity index is 2.52. The van der Waals surface area contributed by atoms with E-state index in [4.69, 9.17) is 16.7 Å². The van der Waals surface area contributed by atoms with Crippen molar-refractivity contribution in [3.05, 3.63) is 34.6 Å². The van der Waals surface area contributed by atoms with Crippen molar-refractivity contribution in [2.24, 2.45) is 0 Å². The third-order valence-corrected chi connectivity index (χ3v) is 2.51. The van der Waals surface area contributed by atoms with Gasteiger partial charge >= 0.3 is 5.97 Å². The summed E-state index contributed by atoms with van der Waals surface area (Å²) in [5.74, 6) is -1.85. The molecule has 0 aromatic heterocycles. The molecule has 92 valence electrons. The van der Waals surface area contributed by atoms with Crippen LogP contribution in [0.15, 0.2) is 18.2 Å². The maximum Gasteiger partial charge on any atom is 0.303 e. The zero-order chi connectivity index (χ0) is 12.8. The lowest BCUT2D eigenvalue weighted by atomic mass is 10.0. The van der Waals surface area contributed by atoms with Crippen molar-refractivity contribution in [1.29, 1.82) is 0 Å². The van der Waals surface area contributed by atoms with Crippen molar-refractivity contribution in [3.8, 4) is 0 Å². The normalized spacial score (nSPS) is 10.2.